The predicted molar refractivity (Wildman–Crippen MR) is 176 cm³/mol. The zero-order valence-corrected chi connectivity index (χ0v) is 23.4. The molecule has 4 aromatic carbocycles. The van der Waals surface area contributed by atoms with Gasteiger partial charge >= 0.3 is 0 Å². The molecule has 0 aliphatic carbocycles. The summed E-state index contributed by atoms with van der Waals surface area (Å²) < 4.78 is 12.9. The number of hydrogen-bond acceptors (Lipinski definition) is 5. The molecule has 0 fully saturated rings. The number of hydrogen-bond donors (Lipinski definition) is 0. The molecule has 5 nitrogen and oxygen atoms in total. The molecule has 5 heterocycles. The molecule has 0 spiro atoms. The lowest BCUT2D eigenvalue weighted by Crippen LogP contribution is -1.87. The van der Waals surface area contributed by atoms with E-state index in [0.717, 1.165) is 88.4 Å². The van der Waals surface area contributed by atoms with Gasteiger partial charge in [0.05, 0.1) is 6.20 Å². The van der Waals surface area contributed by atoms with Gasteiger partial charge in [-0.05, 0) is 70.8 Å². The van der Waals surface area contributed by atoms with Crippen molar-refractivity contribution in [2.45, 2.75) is 0 Å². The fraction of sp³-hybridized carbons (Fsp3) is 0. The third-order valence-corrected chi connectivity index (χ3v) is 8.34. The fourth-order valence-corrected chi connectivity index (χ4v) is 6.26. The zero-order chi connectivity index (χ0) is 29.0. The first-order valence-corrected chi connectivity index (χ1v) is 14.5. The number of pyridine rings is 3. The second-order valence-electron chi connectivity index (χ2n) is 10.9. The van der Waals surface area contributed by atoms with Crippen LogP contribution >= 0.6 is 0 Å². The average molecular weight is 566 g/mol. The van der Waals surface area contributed by atoms with Crippen LogP contribution in [-0.4, -0.2) is 15.0 Å². The summed E-state index contributed by atoms with van der Waals surface area (Å²) in [5.74, 6) is 0. The maximum atomic E-state index is 6.84. The van der Waals surface area contributed by atoms with Crippen molar-refractivity contribution >= 4 is 43.9 Å². The molecule has 0 unspecified atom stereocenters. The predicted octanol–water partition coefficient (Wildman–Crippen LogP) is 10.3. The Morgan fingerprint density at radius 3 is 1.66 bits per heavy atom. The van der Waals surface area contributed by atoms with Crippen molar-refractivity contribution in [3.05, 3.63) is 140 Å². The molecule has 0 radical (unpaired) electrons. The molecular weight excluding hydrogens is 542 g/mol. The van der Waals surface area contributed by atoms with Crippen molar-refractivity contribution in [3.8, 4) is 44.5 Å². The highest BCUT2D eigenvalue weighted by Gasteiger charge is 2.18. The molecule has 0 atom stereocenters. The minimum atomic E-state index is 0.783. The van der Waals surface area contributed by atoms with Crippen LogP contribution in [0.5, 0.6) is 0 Å². The van der Waals surface area contributed by atoms with Gasteiger partial charge in [0.2, 0.25) is 0 Å². The molecule has 0 aliphatic rings. The van der Waals surface area contributed by atoms with Crippen molar-refractivity contribution in [1.29, 1.82) is 0 Å². The number of aromatic nitrogens is 3. The van der Waals surface area contributed by atoms with Gasteiger partial charge in [-0.15, -0.1) is 0 Å². The maximum absolute atomic E-state index is 6.84. The molecule has 0 saturated heterocycles. The van der Waals surface area contributed by atoms with Gasteiger partial charge in [0.25, 0.3) is 0 Å². The first kappa shape index (κ1) is 24.5. The normalized spacial score (nSPS) is 11.6. The summed E-state index contributed by atoms with van der Waals surface area (Å²) in [6.07, 6.45) is 11.0. The largest absolute Gasteiger partial charge is 0.455 e. The van der Waals surface area contributed by atoms with Crippen LogP contribution in [0, 0.1) is 0 Å². The van der Waals surface area contributed by atoms with E-state index in [0.29, 0.717) is 0 Å². The minimum Gasteiger partial charge on any atom is -0.455 e. The van der Waals surface area contributed by atoms with Crippen LogP contribution in [0.4, 0.5) is 0 Å². The number of benzene rings is 4. The van der Waals surface area contributed by atoms with Crippen molar-refractivity contribution in [1.82, 2.24) is 15.0 Å². The topological polar surface area (TPSA) is 65.0 Å². The highest BCUT2D eigenvalue weighted by Crippen LogP contribution is 2.42. The summed E-state index contributed by atoms with van der Waals surface area (Å²) in [6.45, 7) is 0. The second-order valence-corrected chi connectivity index (χ2v) is 10.9. The summed E-state index contributed by atoms with van der Waals surface area (Å²) in [6, 6.07) is 35.8. The van der Waals surface area contributed by atoms with E-state index in [1.54, 1.807) is 24.8 Å². The Hall–Kier alpha value is -6.07. The average Bonchev–Trinajstić information content (AvgIpc) is 3.67. The van der Waals surface area contributed by atoms with Gasteiger partial charge in [-0.1, -0.05) is 54.6 Å². The van der Waals surface area contributed by atoms with E-state index in [9.17, 15) is 0 Å². The van der Waals surface area contributed by atoms with Crippen LogP contribution in [0.1, 0.15) is 0 Å². The summed E-state index contributed by atoms with van der Waals surface area (Å²) in [5.41, 5.74) is 11.8. The Kier molecular flexibility index (Phi) is 5.43. The van der Waals surface area contributed by atoms with E-state index in [1.165, 1.54) is 0 Å². The number of rotatable bonds is 4. The van der Waals surface area contributed by atoms with Crippen LogP contribution in [0.15, 0.2) is 149 Å². The quantitative estimate of drug-likeness (QED) is 0.212. The van der Waals surface area contributed by atoms with E-state index in [1.807, 2.05) is 36.7 Å². The van der Waals surface area contributed by atoms with Crippen LogP contribution in [-0.2, 0) is 0 Å². The summed E-state index contributed by atoms with van der Waals surface area (Å²) in [7, 11) is 0. The third kappa shape index (κ3) is 3.91. The lowest BCUT2D eigenvalue weighted by atomic mass is 9.93. The molecule has 44 heavy (non-hydrogen) atoms. The van der Waals surface area contributed by atoms with Gasteiger partial charge in [-0.2, -0.15) is 0 Å². The fourth-order valence-electron chi connectivity index (χ4n) is 6.26. The first-order chi connectivity index (χ1) is 21.8. The Morgan fingerprint density at radius 2 is 1.00 bits per heavy atom. The molecule has 0 N–H and O–H groups in total. The van der Waals surface area contributed by atoms with E-state index in [4.69, 9.17) is 8.83 Å². The van der Waals surface area contributed by atoms with Gasteiger partial charge < -0.3 is 8.83 Å². The minimum absolute atomic E-state index is 0.783. The zero-order valence-electron chi connectivity index (χ0n) is 23.4. The lowest BCUT2D eigenvalue weighted by Gasteiger charge is -2.11. The highest BCUT2D eigenvalue weighted by atomic mass is 16.3. The molecule has 0 saturated carbocycles. The number of furan rings is 2. The number of fused-ring (bicyclic) bond motifs is 6. The van der Waals surface area contributed by atoms with Gasteiger partial charge in [0, 0.05) is 74.8 Å². The van der Waals surface area contributed by atoms with E-state index >= 15 is 0 Å². The standard InChI is InChI=1S/C39H23N3O2/c1-7-30(24-11-12-36-35(20-24)32-13-16-42-23-37(32)43-36)38-33(9-1)34-10-2-8-31(39(34)44-38)29-18-27(25-5-3-14-40-21-25)17-28(19-29)26-6-4-15-41-22-26/h1-23H. The molecule has 206 valence electrons. The summed E-state index contributed by atoms with van der Waals surface area (Å²) in [4.78, 5) is 13.0. The molecular formula is C39H23N3O2. The van der Waals surface area contributed by atoms with Gasteiger partial charge in [0.1, 0.15) is 16.7 Å². The third-order valence-electron chi connectivity index (χ3n) is 8.34. The molecule has 9 rings (SSSR count). The Morgan fingerprint density at radius 1 is 0.364 bits per heavy atom. The summed E-state index contributed by atoms with van der Waals surface area (Å²) >= 11 is 0. The lowest BCUT2D eigenvalue weighted by molar-refractivity contribution is 0.666. The molecule has 0 amide bonds. The van der Waals surface area contributed by atoms with E-state index in [2.05, 4.69) is 93.8 Å². The number of nitrogens with zero attached hydrogens (tertiary/aromatic N) is 3. The Balaban J connectivity index is 1.26. The summed E-state index contributed by atoms with van der Waals surface area (Å²) in [5, 5.41) is 4.27. The number of para-hydroxylation sites is 2. The smallest absolute Gasteiger partial charge is 0.153 e. The van der Waals surface area contributed by atoms with Crippen molar-refractivity contribution in [2.24, 2.45) is 0 Å². The van der Waals surface area contributed by atoms with Crippen molar-refractivity contribution in [3.63, 3.8) is 0 Å². The van der Waals surface area contributed by atoms with Gasteiger partial charge in [0.15, 0.2) is 5.58 Å². The van der Waals surface area contributed by atoms with Gasteiger partial charge in [-0.25, -0.2) is 0 Å². The molecule has 0 bridgehead atoms. The van der Waals surface area contributed by atoms with E-state index in [-0.39, 0.29) is 0 Å². The maximum Gasteiger partial charge on any atom is 0.153 e. The SMILES string of the molecule is c1cncc(-c2cc(-c3cccnc3)cc(-c3cccc4c3oc3c(-c5ccc6oc7cnccc7c6c5)cccc34)c2)c1. The van der Waals surface area contributed by atoms with Crippen LogP contribution < -0.4 is 0 Å². The van der Waals surface area contributed by atoms with E-state index < -0.39 is 0 Å². The van der Waals surface area contributed by atoms with Gasteiger partial charge in [-0.3, -0.25) is 15.0 Å². The molecule has 5 heteroatoms. The Labute approximate surface area is 252 Å². The first-order valence-electron chi connectivity index (χ1n) is 14.5. The highest BCUT2D eigenvalue weighted by molar-refractivity contribution is 6.14. The molecule has 0 aliphatic heterocycles. The van der Waals surface area contributed by atoms with Crippen molar-refractivity contribution < 1.29 is 8.83 Å². The van der Waals surface area contributed by atoms with Crippen LogP contribution in [0.3, 0.4) is 0 Å². The molecule has 9 aromatic rings. The monoisotopic (exact) mass is 565 g/mol. The van der Waals surface area contributed by atoms with Crippen LogP contribution in [0.25, 0.3) is 88.4 Å². The Bertz CT molecular complexity index is 2440. The van der Waals surface area contributed by atoms with Crippen molar-refractivity contribution in [2.75, 3.05) is 0 Å². The molecule has 5 aromatic heterocycles. The van der Waals surface area contributed by atoms with Crippen LogP contribution in [0.2, 0.25) is 0 Å². The second kappa shape index (κ2) is 9.75.